The van der Waals surface area contributed by atoms with Crippen molar-refractivity contribution < 1.29 is 22.7 Å². The highest BCUT2D eigenvalue weighted by molar-refractivity contribution is 9.10. The van der Waals surface area contributed by atoms with Crippen LogP contribution in [0.4, 0.5) is 4.39 Å². The van der Waals surface area contributed by atoms with Gasteiger partial charge < -0.3 is 5.11 Å². The summed E-state index contributed by atoms with van der Waals surface area (Å²) in [5.41, 5.74) is 0. The average molecular weight is 381 g/mol. The van der Waals surface area contributed by atoms with Crippen molar-refractivity contribution in [3.05, 3.63) is 28.5 Å². The molecule has 0 aliphatic carbocycles. The molecule has 0 unspecified atom stereocenters. The van der Waals surface area contributed by atoms with Gasteiger partial charge in [-0.2, -0.15) is 4.31 Å². The van der Waals surface area contributed by atoms with Crippen LogP contribution in [0.15, 0.2) is 27.6 Å². The molecule has 0 radical (unpaired) electrons. The van der Waals surface area contributed by atoms with Gasteiger partial charge in [0, 0.05) is 26.2 Å². The van der Waals surface area contributed by atoms with E-state index in [1.807, 2.05) is 0 Å². The second kappa shape index (κ2) is 6.39. The molecule has 0 saturated carbocycles. The Kier molecular flexibility index (Phi) is 4.97. The van der Waals surface area contributed by atoms with Crippen molar-refractivity contribution in [3.8, 4) is 0 Å². The minimum atomic E-state index is -3.75. The Morgan fingerprint density at radius 2 is 1.90 bits per heavy atom. The van der Waals surface area contributed by atoms with Crippen LogP contribution in [0, 0.1) is 5.82 Å². The van der Waals surface area contributed by atoms with E-state index in [0.717, 1.165) is 6.07 Å². The molecular weight excluding hydrogens is 367 g/mol. The topological polar surface area (TPSA) is 77.9 Å². The molecule has 1 aromatic carbocycles. The molecule has 0 amide bonds. The van der Waals surface area contributed by atoms with Crippen LogP contribution in [-0.2, 0) is 14.8 Å². The minimum Gasteiger partial charge on any atom is -0.480 e. The molecule has 1 aliphatic rings. The van der Waals surface area contributed by atoms with Gasteiger partial charge >= 0.3 is 5.97 Å². The van der Waals surface area contributed by atoms with E-state index in [9.17, 15) is 17.6 Å². The van der Waals surface area contributed by atoms with Gasteiger partial charge in [-0.3, -0.25) is 9.69 Å². The van der Waals surface area contributed by atoms with Crippen molar-refractivity contribution in [2.75, 3.05) is 32.7 Å². The predicted molar refractivity (Wildman–Crippen MR) is 76.9 cm³/mol. The van der Waals surface area contributed by atoms with Crippen molar-refractivity contribution in [2.45, 2.75) is 4.90 Å². The lowest BCUT2D eigenvalue weighted by molar-refractivity contribution is -0.138. The fourth-order valence-corrected chi connectivity index (χ4v) is 3.79. The van der Waals surface area contributed by atoms with Crippen molar-refractivity contribution >= 4 is 31.9 Å². The van der Waals surface area contributed by atoms with Crippen LogP contribution in [0.3, 0.4) is 0 Å². The molecule has 1 saturated heterocycles. The summed E-state index contributed by atoms with van der Waals surface area (Å²) in [6.45, 7) is 0.941. The summed E-state index contributed by atoms with van der Waals surface area (Å²) in [5, 5.41) is 8.71. The van der Waals surface area contributed by atoms with Crippen molar-refractivity contribution in [1.82, 2.24) is 9.21 Å². The summed E-state index contributed by atoms with van der Waals surface area (Å²) < 4.78 is 39.7. The molecule has 1 fully saturated rings. The van der Waals surface area contributed by atoms with E-state index in [0.29, 0.717) is 13.1 Å². The smallest absolute Gasteiger partial charge is 0.317 e. The monoisotopic (exact) mass is 380 g/mol. The molecule has 21 heavy (non-hydrogen) atoms. The zero-order valence-electron chi connectivity index (χ0n) is 11.0. The van der Waals surface area contributed by atoms with E-state index < -0.39 is 21.8 Å². The van der Waals surface area contributed by atoms with Gasteiger partial charge in [0.15, 0.2) is 0 Å². The predicted octanol–water partition coefficient (Wildman–Crippen LogP) is 0.979. The molecule has 0 spiro atoms. The van der Waals surface area contributed by atoms with Crippen LogP contribution in [-0.4, -0.2) is 61.4 Å². The summed E-state index contributed by atoms with van der Waals surface area (Å²) >= 11 is 2.98. The SMILES string of the molecule is O=C(O)CN1CCN(S(=O)(=O)c2ccc(Br)c(F)c2)CC1. The van der Waals surface area contributed by atoms with Gasteiger partial charge in [0.05, 0.1) is 15.9 Å². The summed E-state index contributed by atoms with van der Waals surface area (Å²) in [5.74, 6) is -1.58. The average Bonchev–Trinajstić information content (AvgIpc) is 2.41. The lowest BCUT2D eigenvalue weighted by Gasteiger charge is -2.33. The van der Waals surface area contributed by atoms with E-state index in [1.54, 1.807) is 4.90 Å². The van der Waals surface area contributed by atoms with E-state index in [2.05, 4.69) is 15.9 Å². The van der Waals surface area contributed by atoms with Crippen molar-refractivity contribution in [3.63, 3.8) is 0 Å². The number of carboxylic acid groups (broad SMARTS) is 1. The number of carboxylic acids is 1. The molecule has 1 aliphatic heterocycles. The Morgan fingerprint density at radius 3 is 2.43 bits per heavy atom. The summed E-state index contributed by atoms with van der Waals surface area (Å²) in [6.07, 6.45) is 0. The third-order valence-electron chi connectivity index (χ3n) is 3.22. The molecule has 2 rings (SSSR count). The minimum absolute atomic E-state index is 0.102. The van der Waals surface area contributed by atoms with Crippen molar-refractivity contribution in [2.24, 2.45) is 0 Å². The van der Waals surface area contributed by atoms with Gasteiger partial charge in [-0.25, -0.2) is 12.8 Å². The first-order valence-electron chi connectivity index (χ1n) is 6.20. The number of rotatable bonds is 4. The number of hydrogen-bond acceptors (Lipinski definition) is 4. The summed E-state index contributed by atoms with van der Waals surface area (Å²) in [6, 6.07) is 3.66. The zero-order valence-corrected chi connectivity index (χ0v) is 13.4. The maximum absolute atomic E-state index is 13.5. The van der Waals surface area contributed by atoms with Crippen LogP contribution < -0.4 is 0 Å². The molecule has 0 bridgehead atoms. The molecule has 6 nitrogen and oxygen atoms in total. The van der Waals surface area contributed by atoms with E-state index in [-0.39, 0.29) is 29.0 Å². The van der Waals surface area contributed by atoms with Crippen LogP contribution >= 0.6 is 15.9 Å². The fourth-order valence-electron chi connectivity index (χ4n) is 2.11. The van der Waals surface area contributed by atoms with E-state index >= 15 is 0 Å². The maximum Gasteiger partial charge on any atom is 0.317 e. The molecule has 1 heterocycles. The quantitative estimate of drug-likeness (QED) is 0.842. The largest absolute Gasteiger partial charge is 0.480 e. The third kappa shape index (κ3) is 3.79. The van der Waals surface area contributed by atoms with E-state index in [1.165, 1.54) is 16.4 Å². The highest BCUT2D eigenvalue weighted by atomic mass is 79.9. The van der Waals surface area contributed by atoms with Crippen LogP contribution in [0.5, 0.6) is 0 Å². The molecule has 1 aromatic rings. The third-order valence-corrected chi connectivity index (χ3v) is 5.76. The number of piperazine rings is 1. The number of halogens is 2. The number of nitrogens with zero attached hydrogens (tertiary/aromatic N) is 2. The number of sulfonamides is 1. The number of carbonyl (C=O) groups is 1. The Balaban J connectivity index is 2.11. The fraction of sp³-hybridized carbons (Fsp3) is 0.417. The molecule has 116 valence electrons. The van der Waals surface area contributed by atoms with Crippen LogP contribution in [0.25, 0.3) is 0 Å². The Bertz CT molecular complexity index is 645. The zero-order chi connectivity index (χ0) is 15.6. The normalized spacial score (nSPS) is 17.8. The molecule has 0 atom stereocenters. The second-order valence-corrected chi connectivity index (χ2v) is 7.44. The summed E-state index contributed by atoms with van der Waals surface area (Å²) in [7, 11) is -3.75. The second-order valence-electron chi connectivity index (χ2n) is 4.65. The van der Waals surface area contributed by atoms with Gasteiger partial charge in [0.25, 0.3) is 0 Å². The van der Waals surface area contributed by atoms with Gasteiger partial charge in [-0.05, 0) is 34.1 Å². The molecular formula is C12H14BrFN2O4S. The Hall–Kier alpha value is -1.03. The standard InChI is InChI=1S/C12H14BrFN2O4S/c13-10-2-1-9(7-11(10)14)21(19,20)16-5-3-15(4-6-16)8-12(17)18/h1-2,7H,3-6,8H2,(H,17,18). The van der Waals surface area contributed by atoms with Crippen molar-refractivity contribution in [1.29, 1.82) is 0 Å². The van der Waals surface area contributed by atoms with Crippen LogP contribution in [0.2, 0.25) is 0 Å². The molecule has 9 heteroatoms. The highest BCUT2D eigenvalue weighted by Gasteiger charge is 2.29. The Morgan fingerprint density at radius 1 is 1.29 bits per heavy atom. The van der Waals surface area contributed by atoms with Gasteiger partial charge in [-0.1, -0.05) is 0 Å². The highest BCUT2D eigenvalue weighted by Crippen LogP contribution is 2.22. The van der Waals surface area contributed by atoms with E-state index in [4.69, 9.17) is 5.11 Å². The lowest BCUT2D eigenvalue weighted by Crippen LogP contribution is -2.49. The Labute approximate surface area is 130 Å². The number of aliphatic carboxylic acids is 1. The first kappa shape index (κ1) is 16.3. The van der Waals surface area contributed by atoms with Gasteiger partial charge in [0.1, 0.15) is 5.82 Å². The molecule has 1 N–H and O–H groups in total. The van der Waals surface area contributed by atoms with Gasteiger partial charge in [0.2, 0.25) is 10.0 Å². The number of hydrogen-bond donors (Lipinski definition) is 1. The summed E-state index contributed by atoms with van der Waals surface area (Å²) in [4.78, 5) is 12.2. The molecule has 0 aromatic heterocycles. The number of benzene rings is 1. The first-order chi connectivity index (χ1) is 9.80. The maximum atomic E-state index is 13.5. The first-order valence-corrected chi connectivity index (χ1v) is 8.43. The van der Waals surface area contributed by atoms with Crippen LogP contribution in [0.1, 0.15) is 0 Å². The van der Waals surface area contributed by atoms with Gasteiger partial charge in [-0.15, -0.1) is 0 Å². The lowest BCUT2D eigenvalue weighted by atomic mass is 10.3.